The number of likely N-dealkylation sites (N-methyl/N-ethyl adjacent to an activating group) is 1. The average molecular weight is 712 g/mol. The van der Waals surface area contributed by atoms with E-state index < -0.39 is 28.0 Å². The van der Waals surface area contributed by atoms with Crippen LogP contribution in [0.15, 0.2) is 71.6 Å². The molecule has 3 aromatic rings. The number of carbonyl (C=O) groups excluding carboxylic acids is 3. The first-order valence-electron chi connectivity index (χ1n) is 16.6. The number of anilines is 3. The van der Waals surface area contributed by atoms with E-state index in [1.165, 1.54) is 19.2 Å². The first-order chi connectivity index (χ1) is 23.8. The van der Waals surface area contributed by atoms with Crippen LogP contribution in [0.4, 0.5) is 21.5 Å². The van der Waals surface area contributed by atoms with E-state index in [1.807, 2.05) is 6.92 Å². The number of halogens is 1. The summed E-state index contributed by atoms with van der Waals surface area (Å²) in [5.74, 6) is -1.16. The van der Waals surface area contributed by atoms with E-state index in [1.54, 1.807) is 54.3 Å². The molecule has 0 saturated carbocycles. The van der Waals surface area contributed by atoms with Crippen molar-refractivity contribution in [3.8, 4) is 5.75 Å². The van der Waals surface area contributed by atoms with Crippen LogP contribution in [0.25, 0.3) is 0 Å². The highest BCUT2D eigenvalue weighted by atomic mass is 32.2. The molecule has 14 heteroatoms. The summed E-state index contributed by atoms with van der Waals surface area (Å²) in [6, 6.07) is 16.1. The third-order valence-corrected chi connectivity index (χ3v) is 10.5. The molecule has 0 aliphatic carbocycles. The zero-order chi connectivity index (χ0) is 36.4. The molecule has 0 fully saturated rings. The van der Waals surface area contributed by atoms with Crippen LogP contribution in [-0.2, 0) is 30.8 Å². The van der Waals surface area contributed by atoms with Crippen molar-refractivity contribution in [2.24, 2.45) is 5.92 Å². The van der Waals surface area contributed by atoms with Gasteiger partial charge in [0.25, 0.3) is 0 Å². The molecular formula is C36H46FN5O7S. The van der Waals surface area contributed by atoms with E-state index in [-0.39, 0.29) is 61.1 Å². The minimum atomic E-state index is -3.99. The number of amides is 3. The van der Waals surface area contributed by atoms with Gasteiger partial charge in [0, 0.05) is 43.6 Å². The molecule has 1 aliphatic rings. The molecule has 0 saturated heterocycles. The molecular weight excluding hydrogens is 665 g/mol. The smallest absolute Gasteiger partial charge is 0.242 e. The lowest BCUT2D eigenvalue weighted by Gasteiger charge is -2.33. The maximum absolute atomic E-state index is 13.5. The van der Waals surface area contributed by atoms with Crippen molar-refractivity contribution >= 4 is 44.8 Å². The van der Waals surface area contributed by atoms with Gasteiger partial charge in [-0.3, -0.25) is 14.4 Å². The number of hydrogen-bond donors (Lipinski definition) is 4. The fourth-order valence-corrected chi connectivity index (χ4v) is 6.84. The van der Waals surface area contributed by atoms with Crippen molar-refractivity contribution < 1.29 is 37.0 Å². The molecule has 50 heavy (non-hydrogen) atoms. The fraction of sp³-hybridized carbons (Fsp3) is 0.417. The number of para-hydroxylation sites is 2. The van der Waals surface area contributed by atoms with E-state index in [4.69, 9.17) is 10.5 Å². The number of unbranched alkanes of at least 4 members (excludes halogenated alkanes) is 2. The Morgan fingerprint density at radius 2 is 1.70 bits per heavy atom. The highest BCUT2D eigenvalue weighted by Gasteiger charge is 2.33. The van der Waals surface area contributed by atoms with E-state index >= 15 is 0 Å². The molecule has 1 aliphatic heterocycles. The van der Waals surface area contributed by atoms with Gasteiger partial charge in [0.05, 0.1) is 41.9 Å². The molecule has 12 nitrogen and oxygen atoms in total. The number of nitrogens with two attached hydrogens (primary N) is 1. The molecule has 3 amide bonds. The largest absolute Gasteiger partial charge is 0.488 e. The quantitative estimate of drug-likeness (QED) is 0.141. The number of carbonyl (C=O) groups is 3. The van der Waals surface area contributed by atoms with Crippen LogP contribution in [0.5, 0.6) is 5.75 Å². The Kier molecular flexibility index (Phi) is 13.3. The predicted octanol–water partition coefficient (Wildman–Crippen LogP) is 4.41. The topological polar surface area (TPSA) is 171 Å². The number of benzene rings is 3. The molecule has 0 unspecified atom stereocenters. The van der Waals surface area contributed by atoms with Crippen LogP contribution in [0, 0.1) is 11.7 Å². The highest BCUT2D eigenvalue weighted by Crippen LogP contribution is 2.30. The summed E-state index contributed by atoms with van der Waals surface area (Å²) in [4.78, 5) is 40.1. The van der Waals surface area contributed by atoms with Crippen LogP contribution in [-0.4, -0.2) is 79.3 Å². The summed E-state index contributed by atoms with van der Waals surface area (Å²) in [7, 11) is -2.58. The van der Waals surface area contributed by atoms with E-state index in [0.29, 0.717) is 54.1 Å². The summed E-state index contributed by atoms with van der Waals surface area (Å²) < 4.78 is 47.7. The first kappa shape index (κ1) is 38.3. The van der Waals surface area contributed by atoms with Crippen molar-refractivity contribution in [3.63, 3.8) is 0 Å². The Balaban J connectivity index is 1.41. The van der Waals surface area contributed by atoms with Gasteiger partial charge in [0.1, 0.15) is 17.7 Å². The molecule has 0 aromatic heterocycles. The van der Waals surface area contributed by atoms with Crippen LogP contribution in [0.2, 0.25) is 0 Å². The number of hydrogen-bond acceptors (Lipinski definition) is 8. The number of rotatable bonds is 14. The highest BCUT2D eigenvalue weighted by molar-refractivity contribution is 7.89. The maximum Gasteiger partial charge on any atom is 0.242 e. The number of nitrogen functional groups attached to an aromatic ring is 1. The second kappa shape index (κ2) is 17.4. The minimum Gasteiger partial charge on any atom is -0.488 e. The summed E-state index contributed by atoms with van der Waals surface area (Å²) in [6.07, 6.45) is 1.60. The van der Waals surface area contributed by atoms with Gasteiger partial charge in [0.2, 0.25) is 27.7 Å². The van der Waals surface area contributed by atoms with Gasteiger partial charge in [-0.05, 0) is 74.4 Å². The van der Waals surface area contributed by atoms with Crippen LogP contribution in [0.1, 0.15) is 51.5 Å². The number of nitrogens with one attached hydrogen (secondary N) is 2. The van der Waals surface area contributed by atoms with E-state index in [9.17, 15) is 32.3 Å². The second-order valence-corrected chi connectivity index (χ2v) is 14.7. The SMILES string of the molecule is C[C@H]1CN([C@@H](C)CO)C(=O)Cc2cc(NC(=O)CCCCCC(=O)Nc3ccccc3N)ccc2O[C@@H]1CN(C)S(=O)(=O)c1ccc(F)cc1. The van der Waals surface area contributed by atoms with Crippen molar-refractivity contribution in [1.29, 1.82) is 0 Å². The zero-order valence-electron chi connectivity index (χ0n) is 28.6. The Labute approximate surface area is 292 Å². The van der Waals surface area contributed by atoms with Crippen LogP contribution >= 0.6 is 0 Å². The number of ether oxygens (including phenoxy) is 1. The second-order valence-electron chi connectivity index (χ2n) is 12.7. The molecule has 3 atom stereocenters. The molecule has 1 heterocycles. The summed E-state index contributed by atoms with van der Waals surface area (Å²) in [5.41, 5.74) is 7.89. The monoisotopic (exact) mass is 711 g/mol. The predicted molar refractivity (Wildman–Crippen MR) is 189 cm³/mol. The van der Waals surface area contributed by atoms with Gasteiger partial charge in [-0.25, -0.2) is 12.8 Å². The number of sulfonamides is 1. The molecule has 5 N–H and O–H groups in total. The van der Waals surface area contributed by atoms with Gasteiger partial charge in [-0.15, -0.1) is 0 Å². The molecule has 0 radical (unpaired) electrons. The summed E-state index contributed by atoms with van der Waals surface area (Å²) in [6.45, 7) is 3.44. The Morgan fingerprint density at radius 3 is 2.36 bits per heavy atom. The van der Waals surface area contributed by atoms with Gasteiger partial charge in [-0.1, -0.05) is 25.5 Å². The normalized spacial score (nSPS) is 17.2. The minimum absolute atomic E-state index is 0.0662. The lowest BCUT2D eigenvalue weighted by atomic mass is 10.0. The third-order valence-electron chi connectivity index (χ3n) is 8.70. The molecule has 0 spiro atoms. The Morgan fingerprint density at radius 1 is 1.04 bits per heavy atom. The standard InChI is InChI=1S/C36H46FN5O7S/c1-24-21-42(25(2)23-43)36(46)20-26-19-28(39-34(44)11-5-4-6-12-35(45)40-31-10-8-7-9-30(31)38)15-18-32(26)49-33(24)22-41(3)50(47,48)29-16-13-27(37)14-17-29/h7-10,13-19,24-25,33,43H,4-6,11-12,20-23,38H2,1-3H3,(H,39,44)(H,40,45)/t24-,25-,33+/m0/s1. The van der Waals surface area contributed by atoms with Crippen molar-refractivity contribution in [1.82, 2.24) is 9.21 Å². The molecule has 270 valence electrons. The van der Waals surface area contributed by atoms with Gasteiger partial charge in [-0.2, -0.15) is 4.31 Å². The Hall–Kier alpha value is -4.53. The lowest BCUT2D eigenvalue weighted by Crippen LogP contribution is -2.48. The Bertz CT molecular complexity index is 1760. The average Bonchev–Trinajstić information content (AvgIpc) is 3.12. The fourth-order valence-electron chi connectivity index (χ4n) is 5.66. The number of fused-ring (bicyclic) bond motifs is 1. The zero-order valence-corrected chi connectivity index (χ0v) is 29.4. The van der Waals surface area contributed by atoms with E-state index in [2.05, 4.69) is 10.6 Å². The van der Waals surface area contributed by atoms with Gasteiger partial charge in [0.15, 0.2) is 0 Å². The number of aliphatic hydroxyl groups excluding tert-OH is 1. The summed E-state index contributed by atoms with van der Waals surface area (Å²) in [5, 5.41) is 15.6. The van der Waals surface area contributed by atoms with Gasteiger partial charge < -0.3 is 31.1 Å². The van der Waals surface area contributed by atoms with Crippen molar-refractivity contribution in [2.45, 2.75) is 69.4 Å². The van der Waals surface area contributed by atoms with Crippen LogP contribution in [0.3, 0.4) is 0 Å². The van der Waals surface area contributed by atoms with Crippen molar-refractivity contribution in [2.75, 3.05) is 43.1 Å². The van der Waals surface area contributed by atoms with Crippen LogP contribution < -0.4 is 21.1 Å². The molecule has 0 bridgehead atoms. The summed E-state index contributed by atoms with van der Waals surface area (Å²) >= 11 is 0. The lowest BCUT2D eigenvalue weighted by molar-refractivity contribution is -0.134. The molecule has 4 rings (SSSR count). The third kappa shape index (κ3) is 10.2. The van der Waals surface area contributed by atoms with E-state index in [0.717, 1.165) is 16.4 Å². The maximum atomic E-state index is 13.5. The number of nitrogens with zero attached hydrogens (tertiary/aromatic N) is 2. The first-order valence-corrected chi connectivity index (χ1v) is 18.1. The van der Waals surface area contributed by atoms with Crippen molar-refractivity contribution in [3.05, 3.63) is 78.1 Å². The molecule has 3 aromatic carbocycles. The number of aliphatic hydroxyl groups is 1. The van der Waals surface area contributed by atoms with Gasteiger partial charge >= 0.3 is 0 Å².